The highest BCUT2D eigenvalue weighted by Crippen LogP contribution is 2.28. The standard InChI is InChI=1S/C13H19BrN2O/c14-11-4-5-12(15)13(8-11)16-6-1-7-17-9-10-2-3-10/h4-5,8,10,16H,1-3,6-7,9,15H2. The van der Waals surface area contributed by atoms with Crippen molar-refractivity contribution in [3.05, 3.63) is 22.7 Å². The van der Waals surface area contributed by atoms with Crippen molar-refractivity contribution in [3.8, 4) is 0 Å². The number of hydrogen-bond donors (Lipinski definition) is 2. The maximum absolute atomic E-state index is 5.86. The number of nitrogens with one attached hydrogen (secondary N) is 1. The molecule has 3 N–H and O–H groups in total. The predicted octanol–water partition coefficient (Wildman–Crippen LogP) is 3.26. The van der Waals surface area contributed by atoms with Crippen LogP contribution in [0.3, 0.4) is 0 Å². The van der Waals surface area contributed by atoms with E-state index in [0.717, 1.165) is 47.9 Å². The lowest BCUT2D eigenvalue weighted by atomic mass is 10.2. The van der Waals surface area contributed by atoms with Gasteiger partial charge < -0.3 is 15.8 Å². The Morgan fingerprint density at radius 3 is 3.00 bits per heavy atom. The third-order valence-electron chi connectivity index (χ3n) is 2.85. The van der Waals surface area contributed by atoms with E-state index in [4.69, 9.17) is 10.5 Å². The summed E-state index contributed by atoms with van der Waals surface area (Å²) in [5, 5.41) is 3.32. The van der Waals surface area contributed by atoms with Gasteiger partial charge in [0.05, 0.1) is 11.4 Å². The van der Waals surface area contributed by atoms with E-state index in [1.165, 1.54) is 12.8 Å². The van der Waals surface area contributed by atoms with Crippen molar-refractivity contribution in [1.29, 1.82) is 0 Å². The molecule has 0 aromatic heterocycles. The van der Waals surface area contributed by atoms with Crippen molar-refractivity contribution in [2.24, 2.45) is 5.92 Å². The van der Waals surface area contributed by atoms with Crippen LogP contribution in [0.15, 0.2) is 22.7 Å². The van der Waals surface area contributed by atoms with E-state index in [0.29, 0.717) is 0 Å². The largest absolute Gasteiger partial charge is 0.397 e. The molecule has 0 aliphatic heterocycles. The van der Waals surface area contributed by atoms with Gasteiger partial charge in [0.25, 0.3) is 0 Å². The summed E-state index contributed by atoms with van der Waals surface area (Å²) in [5.74, 6) is 0.851. The van der Waals surface area contributed by atoms with Crippen LogP contribution < -0.4 is 11.1 Å². The van der Waals surface area contributed by atoms with Crippen molar-refractivity contribution in [2.45, 2.75) is 19.3 Å². The highest BCUT2D eigenvalue weighted by molar-refractivity contribution is 9.10. The molecule has 0 heterocycles. The van der Waals surface area contributed by atoms with Gasteiger partial charge in [-0.3, -0.25) is 0 Å². The number of ether oxygens (including phenoxy) is 1. The topological polar surface area (TPSA) is 47.3 Å². The summed E-state index contributed by atoms with van der Waals surface area (Å²) in [6.07, 6.45) is 3.72. The van der Waals surface area contributed by atoms with Gasteiger partial charge in [-0.1, -0.05) is 15.9 Å². The van der Waals surface area contributed by atoms with E-state index in [2.05, 4.69) is 21.2 Å². The first-order valence-electron chi connectivity index (χ1n) is 6.12. The van der Waals surface area contributed by atoms with Crippen LogP contribution in [0.2, 0.25) is 0 Å². The molecule has 0 atom stereocenters. The van der Waals surface area contributed by atoms with Crippen molar-refractivity contribution >= 4 is 27.3 Å². The van der Waals surface area contributed by atoms with Crippen LogP contribution in [0, 0.1) is 5.92 Å². The number of nitrogens with two attached hydrogens (primary N) is 1. The molecule has 2 rings (SSSR count). The first kappa shape index (κ1) is 12.7. The summed E-state index contributed by atoms with van der Waals surface area (Å²) >= 11 is 3.43. The Labute approximate surface area is 111 Å². The highest BCUT2D eigenvalue weighted by Gasteiger charge is 2.20. The summed E-state index contributed by atoms with van der Waals surface area (Å²) in [7, 11) is 0. The molecule has 1 aromatic carbocycles. The van der Waals surface area contributed by atoms with Gasteiger partial charge in [-0.15, -0.1) is 0 Å². The van der Waals surface area contributed by atoms with Crippen LogP contribution >= 0.6 is 15.9 Å². The van der Waals surface area contributed by atoms with Crippen molar-refractivity contribution < 1.29 is 4.74 Å². The second-order valence-corrected chi connectivity index (χ2v) is 5.45. The maximum atomic E-state index is 5.86. The minimum atomic E-state index is 0.784. The summed E-state index contributed by atoms with van der Waals surface area (Å²) in [5.41, 5.74) is 7.64. The van der Waals surface area contributed by atoms with Crippen LogP contribution in [-0.4, -0.2) is 19.8 Å². The third-order valence-corrected chi connectivity index (χ3v) is 3.34. The second-order valence-electron chi connectivity index (χ2n) is 4.53. The van der Waals surface area contributed by atoms with E-state index in [9.17, 15) is 0 Å². The third kappa shape index (κ3) is 4.56. The zero-order chi connectivity index (χ0) is 12.1. The lowest BCUT2D eigenvalue weighted by Gasteiger charge is -2.09. The van der Waals surface area contributed by atoms with Gasteiger partial charge in [-0.2, -0.15) is 0 Å². The van der Waals surface area contributed by atoms with Gasteiger partial charge in [-0.05, 0) is 43.4 Å². The van der Waals surface area contributed by atoms with E-state index in [-0.39, 0.29) is 0 Å². The molecule has 94 valence electrons. The first-order chi connectivity index (χ1) is 8.25. The summed E-state index contributed by atoms with van der Waals surface area (Å²) in [6, 6.07) is 5.84. The van der Waals surface area contributed by atoms with Crippen LogP contribution in [0.25, 0.3) is 0 Å². The van der Waals surface area contributed by atoms with Crippen molar-refractivity contribution in [1.82, 2.24) is 0 Å². The van der Waals surface area contributed by atoms with Gasteiger partial charge >= 0.3 is 0 Å². The predicted molar refractivity (Wildman–Crippen MR) is 75.2 cm³/mol. The van der Waals surface area contributed by atoms with Gasteiger partial charge in [0.2, 0.25) is 0 Å². The summed E-state index contributed by atoms with van der Waals surface area (Å²) in [4.78, 5) is 0. The fraction of sp³-hybridized carbons (Fsp3) is 0.538. The van der Waals surface area contributed by atoms with Crippen LogP contribution in [0.4, 0.5) is 11.4 Å². The Morgan fingerprint density at radius 2 is 2.24 bits per heavy atom. The SMILES string of the molecule is Nc1ccc(Br)cc1NCCCOCC1CC1. The number of anilines is 2. The van der Waals surface area contributed by atoms with E-state index in [1.807, 2.05) is 18.2 Å². The maximum Gasteiger partial charge on any atom is 0.0585 e. The average molecular weight is 299 g/mol. The molecule has 17 heavy (non-hydrogen) atoms. The van der Waals surface area contributed by atoms with Gasteiger partial charge in [0.15, 0.2) is 0 Å². The zero-order valence-electron chi connectivity index (χ0n) is 9.92. The lowest BCUT2D eigenvalue weighted by molar-refractivity contribution is 0.124. The molecule has 0 radical (unpaired) electrons. The lowest BCUT2D eigenvalue weighted by Crippen LogP contribution is -2.08. The number of hydrogen-bond acceptors (Lipinski definition) is 3. The van der Waals surface area contributed by atoms with Gasteiger partial charge in [-0.25, -0.2) is 0 Å². The highest BCUT2D eigenvalue weighted by atomic mass is 79.9. The quantitative estimate of drug-likeness (QED) is 0.600. The first-order valence-corrected chi connectivity index (χ1v) is 6.91. The minimum Gasteiger partial charge on any atom is -0.397 e. The Hall–Kier alpha value is -0.740. The number of halogens is 1. The van der Waals surface area contributed by atoms with E-state index < -0.39 is 0 Å². The van der Waals surface area contributed by atoms with Gasteiger partial charge in [0, 0.05) is 24.2 Å². The van der Waals surface area contributed by atoms with Crippen LogP contribution in [0.5, 0.6) is 0 Å². The Bertz CT molecular complexity index is 366. The molecule has 0 spiro atoms. The van der Waals surface area contributed by atoms with E-state index >= 15 is 0 Å². The molecule has 1 aliphatic rings. The normalized spacial score (nSPS) is 14.9. The van der Waals surface area contributed by atoms with Crippen molar-refractivity contribution in [2.75, 3.05) is 30.8 Å². The zero-order valence-corrected chi connectivity index (χ0v) is 11.5. The Balaban J connectivity index is 1.61. The number of nitrogen functional groups attached to an aromatic ring is 1. The van der Waals surface area contributed by atoms with Crippen LogP contribution in [-0.2, 0) is 4.74 Å². The fourth-order valence-corrected chi connectivity index (χ4v) is 1.97. The molecular formula is C13H19BrN2O. The Kier molecular flexibility index (Phi) is 4.68. The molecule has 0 saturated heterocycles. The molecule has 1 fully saturated rings. The number of rotatable bonds is 7. The second kappa shape index (κ2) is 6.26. The molecule has 1 aliphatic carbocycles. The molecule has 1 saturated carbocycles. The molecule has 0 amide bonds. The average Bonchev–Trinajstić information content (AvgIpc) is 3.11. The van der Waals surface area contributed by atoms with Crippen molar-refractivity contribution in [3.63, 3.8) is 0 Å². The monoisotopic (exact) mass is 298 g/mol. The van der Waals surface area contributed by atoms with Crippen LogP contribution in [0.1, 0.15) is 19.3 Å². The Morgan fingerprint density at radius 1 is 1.41 bits per heavy atom. The number of benzene rings is 1. The molecule has 3 nitrogen and oxygen atoms in total. The molecule has 0 bridgehead atoms. The molecule has 4 heteroatoms. The van der Waals surface area contributed by atoms with Gasteiger partial charge in [0.1, 0.15) is 0 Å². The fourth-order valence-electron chi connectivity index (χ4n) is 1.61. The van der Waals surface area contributed by atoms with E-state index in [1.54, 1.807) is 0 Å². The molecule has 0 unspecified atom stereocenters. The summed E-state index contributed by atoms with van der Waals surface area (Å²) in [6.45, 7) is 2.67. The summed E-state index contributed by atoms with van der Waals surface area (Å²) < 4.78 is 6.61. The smallest absolute Gasteiger partial charge is 0.0585 e. The molecular weight excluding hydrogens is 280 g/mol. The molecule has 1 aromatic rings. The minimum absolute atomic E-state index is 0.784.